The molecule has 0 saturated heterocycles. The van der Waals surface area contributed by atoms with Gasteiger partial charge in [0.15, 0.2) is 0 Å². The summed E-state index contributed by atoms with van der Waals surface area (Å²) in [5.74, 6) is 0. The highest BCUT2D eigenvalue weighted by atomic mass is 15.1. The minimum absolute atomic E-state index is 0.755. The van der Waals surface area contributed by atoms with Gasteiger partial charge < -0.3 is 5.32 Å². The Bertz CT molecular complexity index is 211. The fourth-order valence-corrected chi connectivity index (χ4v) is 1.07. The maximum atomic E-state index is 4.21. The number of aliphatic imine (C=N–C) groups is 1. The first-order valence-corrected chi connectivity index (χ1v) is 3.12. The molecule has 0 aromatic rings. The summed E-state index contributed by atoms with van der Waals surface area (Å²) in [6.45, 7) is 0.755. The van der Waals surface area contributed by atoms with E-state index >= 15 is 0 Å². The summed E-state index contributed by atoms with van der Waals surface area (Å²) in [6.07, 6.45) is 7.39. The Morgan fingerprint density at radius 1 is 1.56 bits per heavy atom. The van der Waals surface area contributed by atoms with Gasteiger partial charge in [0.1, 0.15) is 6.67 Å². The van der Waals surface area contributed by atoms with Crippen LogP contribution in [-0.2, 0) is 0 Å². The number of allylic oxidation sites excluding steroid dienone is 3. The average molecular weight is 120 g/mol. The molecule has 1 aliphatic heterocycles. The molecule has 46 valence electrons. The van der Waals surface area contributed by atoms with Gasteiger partial charge >= 0.3 is 0 Å². The Morgan fingerprint density at radius 3 is 3.44 bits per heavy atom. The summed E-state index contributed by atoms with van der Waals surface area (Å²) >= 11 is 0. The maximum absolute atomic E-state index is 4.21. The molecular formula is C7H8N2. The molecule has 0 radical (unpaired) electrons. The molecule has 0 fully saturated rings. The molecule has 0 spiro atoms. The molecule has 0 amide bonds. The predicted octanol–water partition coefficient (Wildman–Crippen LogP) is 0.832. The average Bonchev–Trinajstić information content (AvgIpc) is 2.33. The van der Waals surface area contributed by atoms with Crippen molar-refractivity contribution in [1.29, 1.82) is 0 Å². The van der Waals surface area contributed by atoms with Gasteiger partial charge in [-0.2, -0.15) is 0 Å². The highest BCUT2D eigenvalue weighted by molar-refractivity contribution is 6.09. The Labute approximate surface area is 54.0 Å². The van der Waals surface area contributed by atoms with Crippen molar-refractivity contribution in [1.82, 2.24) is 5.32 Å². The second-order valence-corrected chi connectivity index (χ2v) is 2.13. The molecule has 2 nitrogen and oxygen atoms in total. The van der Waals surface area contributed by atoms with E-state index in [0.29, 0.717) is 0 Å². The topological polar surface area (TPSA) is 24.4 Å². The van der Waals surface area contributed by atoms with Crippen molar-refractivity contribution in [2.24, 2.45) is 4.99 Å². The zero-order valence-corrected chi connectivity index (χ0v) is 5.09. The summed E-state index contributed by atoms with van der Waals surface area (Å²) in [5.41, 5.74) is 2.32. The molecule has 0 aromatic heterocycles. The van der Waals surface area contributed by atoms with E-state index in [1.807, 2.05) is 0 Å². The summed E-state index contributed by atoms with van der Waals surface area (Å²) in [7, 11) is 0. The quantitative estimate of drug-likeness (QED) is 0.503. The number of nitrogens with zero attached hydrogens (tertiary/aromatic N) is 1. The zero-order chi connectivity index (χ0) is 6.10. The van der Waals surface area contributed by atoms with Gasteiger partial charge in [-0.1, -0.05) is 12.2 Å². The second-order valence-electron chi connectivity index (χ2n) is 2.13. The van der Waals surface area contributed by atoms with Crippen molar-refractivity contribution in [2.75, 3.05) is 6.67 Å². The van der Waals surface area contributed by atoms with Crippen LogP contribution in [0.1, 0.15) is 6.42 Å². The van der Waals surface area contributed by atoms with E-state index in [-0.39, 0.29) is 0 Å². The minimum Gasteiger partial charge on any atom is -0.365 e. The van der Waals surface area contributed by atoms with Crippen LogP contribution in [0, 0.1) is 0 Å². The van der Waals surface area contributed by atoms with Gasteiger partial charge in [-0.3, -0.25) is 4.99 Å². The van der Waals surface area contributed by atoms with Crippen LogP contribution < -0.4 is 5.32 Å². The van der Waals surface area contributed by atoms with E-state index in [0.717, 1.165) is 18.8 Å². The van der Waals surface area contributed by atoms with Crippen LogP contribution in [0.25, 0.3) is 0 Å². The Morgan fingerprint density at radius 2 is 2.56 bits per heavy atom. The lowest BCUT2D eigenvalue weighted by atomic mass is 10.1. The molecule has 2 aliphatic rings. The summed E-state index contributed by atoms with van der Waals surface area (Å²) < 4.78 is 0. The van der Waals surface area contributed by atoms with Crippen LogP contribution in [-0.4, -0.2) is 12.4 Å². The largest absolute Gasteiger partial charge is 0.365 e. The maximum Gasteiger partial charge on any atom is 0.108 e. The number of hydrogen-bond donors (Lipinski definition) is 1. The predicted molar refractivity (Wildman–Crippen MR) is 37.3 cm³/mol. The van der Waals surface area contributed by atoms with Crippen LogP contribution in [0.2, 0.25) is 0 Å². The molecule has 9 heavy (non-hydrogen) atoms. The van der Waals surface area contributed by atoms with Crippen molar-refractivity contribution in [3.63, 3.8) is 0 Å². The van der Waals surface area contributed by atoms with Gasteiger partial charge in [-0.05, 0) is 12.5 Å². The molecule has 0 atom stereocenters. The van der Waals surface area contributed by atoms with Crippen LogP contribution in [0.5, 0.6) is 0 Å². The van der Waals surface area contributed by atoms with E-state index < -0.39 is 0 Å². The Kier molecular flexibility index (Phi) is 0.918. The summed E-state index contributed by atoms with van der Waals surface area (Å²) in [5, 5.41) is 3.16. The molecule has 2 rings (SSSR count). The molecule has 1 heterocycles. The molecule has 0 aromatic carbocycles. The standard InChI is InChI=1S/C7H8N2/c1-2-4-7-6(3-1)8-5-9-7/h1,3-4,9H,2,5H2. The Balaban J connectivity index is 2.37. The van der Waals surface area contributed by atoms with E-state index in [4.69, 9.17) is 0 Å². The fraction of sp³-hybridized carbons (Fsp3) is 0.286. The van der Waals surface area contributed by atoms with Gasteiger partial charge in [0.05, 0.1) is 11.4 Å². The molecule has 0 saturated carbocycles. The van der Waals surface area contributed by atoms with Crippen LogP contribution >= 0.6 is 0 Å². The van der Waals surface area contributed by atoms with Crippen LogP contribution in [0.15, 0.2) is 28.9 Å². The van der Waals surface area contributed by atoms with Gasteiger partial charge in [-0.25, -0.2) is 0 Å². The lowest BCUT2D eigenvalue weighted by molar-refractivity contribution is 0.904. The van der Waals surface area contributed by atoms with E-state index in [1.54, 1.807) is 0 Å². The zero-order valence-electron chi connectivity index (χ0n) is 5.09. The highest BCUT2D eigenvalue weighted by Gasteiger charge is 2.09. The summed E-state index contributed by atoms with van der Waals surface area (Å²) in [6, 6.07) is 0. The van der Waals surface area contributed by atoms with Gasteiger partial charge in [-0.15, -0.1) is 0 Å². The third-order valence-corrected chi connectivity index (χ3v) is 1.53. The summed E-state index contributed by atoms with van der Waals surface area (Å²) in [4.78, 5) is 4.21. The van der Waals surface area contributed by atoms with Crippen LogP contribution in [0.3, 0.4) is 0 Å². The number of nitrogens with one attached hydrogen (secondary N) is 1. The van der Waals surface area contributed by atoms with E-state index in [9.17, 15) is 0 Å². The van der Waals surface area contributed by atoms with Gasteiger partial charge in [0.25, 0.3) is 0 Å². The first-order valence-electron chi connectivity index (χ1n) is 3.12. The van der Waals surface area contributed by atoms with Crippen LogP contribution in [0.4, 0.5) is 0 Å². The third-order valence-electron chi connectivity index (χ3n) is 1.53. The normalized spacial score (nSPS) is 22.2. The molecule has 1 N–H and O–H groups in total. The molecule has 1 aliphatic carbocycles. The van der Waals surface area contributed by atoms with Gasteiger partial charge in [0.2, 0.25) is 0 Å². The first-order chi connectivity index (χ1) is 4.47. The Hall–Kier alpha value is -1.05. The third kappa shape index (κ3) is 0.669. The van der Waals surface area contributed by atoms with Crippen molar-refractivity contribution in [3.05, 3.63) is 23.9 Å². The smallest absolute Gasteiger partial charge is 0.108 e. The van der Waals surface area contributed by atoms with E-state index in [2.05, 4.69) is 28.5 Å². The van der Waals surface area contributed by atoms with Crippen molar-refractivity contribution < 1.29 is 0 Å². The molecular weight excluding hydrogens is 112 g/mol. The first kappa shape index (κ1) is 4.79. The minimum atomic E-state index is 0.755. The SMILES string of the molecule is C1=CC2=NCNC2=CC1. The molecule has 0 bridgehead atoms. The highest BCUT2D eigenvalue weighted by Crippen LogP contribution is 2.09. The monoisotopic (exact) mass is 120 g/mol. The van der Waals surface area contributed by atoms with Gasteiger partial charge in [0, 0.05) is 0 Å². The van der Waals surface area contributed by atoms with E-state index in [1.165, 1.54) is 5.70 Å². The fourth-order valence-electron chi connectivity index (χ4n) is 1.07. The lowest BCUT2D eigenvalue weighted by Crippen LogP contribution is -2.10. The number of hydrogen-bond acceptors (Lipinski definition) is 2. The van der Waals surface area contributed by atoms with Crippen molar-refractivity contribution in [3.8, 4) is 0 Å². The number of fused-ring (bicyclic) bond motifs is 1. The lowest BCUT2D eigenvalue weighted by Gasteiger charge is -2.01. The second kappa shape index (κ2) is 1.72. The molecule has 0 unspecified atom stereocenters. The number of rotatable bonds is 0. The van der Waals surface area contributed by atoms with Crippen molar-refractivity contribution in [2.45, 2.75) is 6.42 Å². The van der Waals surface area contributed by atoms with Crippen molar-refractivity contribution >= 4 is 5.71 Å². The molecule has 2 heteroatoms.